The van der Waals surface area contributed by atoms with E-state index in [1.54, 1.807) is 0 Å². The minimum Gasteiger partial charge on any atom is -0.455 e. The van der Waals surface area contributed by atoms with Crippen LogP contribution in [-0.2, 0) is 0 Å². The zero-order valence-electron chi connectivity index (χ0n) is 26.3. The van der Waals surface area contributed by atoms with Gasteiger partial charge in [-0.3, -0.25) is 0 Å². The molecule has 4 heteroatoms. The number of hydrogen-bond acceptors (Lipinski definition) is 4. The molecule has 0 spiro atoms. The molecule has 10 aromatic rings. The Balaban J connectivity index is 1.25. The van der Waals surface area contributed by atoms with Crippen LogP contribution in [0.3, 0.4) is 0 Å². The lowest BCUT2D eigenvalue weighted by Gasteiger charge is -2.12. The van der Waals surface area contributed by atoms with E-state index in [9.17, 15) is 0 Å². The predicted octanol–water partition coefficient (Wildman–Crippen LogP) is 11.9. The van der Waals surface area contributed by atoms with Gasteiger partial charge in [-0.25, -0.2) is 15.0 Å². The molecule has 49 heavy (non-hydrogen) atoms. The Bertz CT molecular complexity index is 2890. The average Bonchev–Trinajstić information content (AvgIpc) is 3.55. The molecule has 0 fully saturated rings. The topological polar surface area (TPSA) is 51.8 Å². The zero-order valence-corrected chi connectivity index (χ0v) is 26.3. The highest BCUT2D eigenvalue weighted by Crippen LogP contribution is 2.41. The molecule has 8 aromatic carbocycles. The van der Waals surface area contributed by atoms with Gasteiger partial charge in [0.05, 0.1) is 0 Å². The van der Waals surface area contributed by atoms with Gasteiger partial charge in [0.1, 0.15) is 11.2 Å². The first-order chi connectivity index (χ1) is 24.3. The molecule has 0 atom stereocenters. The molecule has 0 unspecified atom stereocenters. The van der Waals surface area contributed by atoms with Crippen molar-refractivity contribution in [1.82, 2.24) is 15.0 Å². The van der Waals surface area contributed by atoms with Crippen LogP contribution >= 0.6 is 0 Å². The maximum atomic E-state index is 6.64. The van der Waals surface area contributed by atoms with Crippen LogP contribution in [0.5, 0.6) is 0 Å². The summed E-state index contributed by atoms with van der Waals surface area (Å²) in [5.41, 5.74) is 6.83. The standard InChI is InChI=1S/C45H27N3O/c1-2-11-28(12-3-1)32-23-24-36-39-27-40(35-18-8-9-19-37(35)42(39)49-41(36)26-32)45-47-43(33-22-21-29-13-4-5-15-31(29)25-33)46-44(48-45)38-20-10-16-30-14-6-7-17-34(30)38/h1-27H. The summed E-state index contributed by atoms with van der Waals surface area (Å²) in [4.78, 5) is 15.6. The molecule has 0 bridgehead atoms. The zero-order chi connectivity index (χ0) is 32.3. The van der Waals surface area contributed by atoms with Gasteiger partial charge in [0.2, 0.25) is 0 Å². The Morgan fingerprint density at radius 3 is 1.84 bits per heavy atom. The van der Waals surface area contributed by atoms with Crippen molar-refractivity contribution in [3.05, 3.63) is 164 Å². The second-order valence-corrected chi connectivity index (χ2v) is 12.4. The van der Waals surface area contributed by atoms with Crippen molar-refractivity contribution in [3.8, 4) is 45.3 Å². The molecule has 0 amide bonds. The molecule has 0 aliphatic rings. The summed E-state index contributed by atoms with van der Waals surface area (Å²) in [6.07, 6.45) is 0. The highest BCUT2D eigenvalue weighted by molar-refractivity contribution is 6.19. The lowest BCUT2D eigenvalue weighted by molar-refractivity contribution is 0.673. The van der Waals surface area contributed by atoms with Crippen molar-refractivity contribution in [1.29, 1.82) is 0 Å². The smallest absolute Gasteiger partial charge is 0.164 e. The van der Waals surface area contributed by atoms with E-state index in [0.29, 0.717) is 17.5 Å². The molecular formula is C45H27N3O. The Labute approximate surface area is 282 Å². The van der Waals surface area contributed by atoms with E-state index >= 15 is 0 Å². The third-order valence-corrected chi connectivity index (χ3v) is 9.50. The van der Waals surface area contributed by atoms with Crippen molar-refractivity contribution in [3.63, 3.8) is 0 Å². The Kier molecular flexibility index (Phi) is 6.15. The molecule has 0 radical (unpaired) electrons. The van der Waals surface area contributed by atoms with Gasteiger partial charge in [-0.15, -0.1) is 0 Å². The van der Waals surface area contributed by atoms with Crippen LogP contribution in [-0.4, -0.2) is 15.0 Å². The largest absolute Gasteiger partial charge is 0.455 e. The van der Waals surface area contributed by atoms with Gasteiger partial charge in [0, 0.05) is 32.8 Å². The van der Waals surface area contributed by atoms with Gasteiger partial charge < -0.3 is 4.42 Å². The molecule has 2 heterocycles. The summed E-state index contributed by atoms with van der Waals surface area (Å²) in [6.45, 7) is 0. The van der Waals surface area contributed by atoms with Crippen molar-refractivity contribution in [2.75, 3.05) is 0 Å². The van der Waals surface area contributed by atoms with Gasteiger partial charge >= 0.3 is 0 Å². The number of hydrogen-bond donors (Lipinski definition) is 0. The minimum absolute atomic E-state index is 0.620. The first kappa shape index (κ1) is 27.5. The van der Waals surface area contributed by atoms with Crippen LogP contribution in [0.15, 0.2) is 168 Å². The summed E-state index contributed by atoms with van der Waals surface area (Å²) in [5, 5.41) is 8.68. The second kappa shape index (κ2) is 11.0. The molecular weight excluding hydrogens is 599 g/mol. The quantitative estimate of drug-likeness (QED) is 0.195. The third kappa shape index (κ3) is 4.57. The summed E-state index contributed by atoms with van der Waals surface area (Å²) < 4.78 is 6.64. The molecule has 0 aliphatic carbocycles. The van der Waals surface area contributed by atoms with Crippen LogP contribution in [0.4, 0.5) is 0 Å². The fraction of sp³-hybridized carbons (Fsp3) is 0. The number of benzene rings is 8. The summed E-state index contributed by atoms with van der Waals surface area (Å²) in [5.74, 6) is 1.89. The molecule has 4 nitrogen and oxygen atoms in total. The van der Waals surface area contributed by atoms with Gasteiger partial charge in [0.25, 0.3) is 0 Å². The first-order valence-electron chi connectivity index (χ1n) is 16.4. The van der Waals surface area contributed by atoms with Crippen molar-refractivity contribution in [2.24, 2.45) is 0 Å². The Morgan fingerprint density at radius 2 is 0.980 bits per heavy atom. The van der Waals surface area contributed by atoms with E-state index < -0.39 is 0 Å². The predicted molar refractivity (Wildman–Crippen MR) is 201 cm³/mol. The van der Waals surface area contributed by atoms with Gasteiger partial charge in [-0.1, -0.05) is 140 Å². The van der Waals surface area contributed by atoms with Crippen LogP contribution in [0.1, 0.15) is 0 Å². The average molecular weight is 626 g/mol. The van der Waals surface area contributed by atoms with Gasteiger partial charge in [-0.05, 0) is 62.3 Å². The Morgan fingerprint density at radius 1 is 0.327 bits per heavy atom. The second-order valence-electron chi connectivity index (χ2n) is 12.4. The monoisotopic (exact) mass is 625 g/mol. The lowest BCUT2D eigenvalue weighted by atomic mass is 9.98. The highest BCUT2D eigenvalue weighted by atomic mass is 16.3. The van der Waals surface area contributed by atoms with Crippen LogP contribution in [0.25, 0.3) is 99.5 Å². The van der Waals surface area contributed by atoms with Crippen molar-refractivity contribution >= 4 is 54.3 Å². The lowest BCUT2D eigenvalue weighted by Crippen LogP contribution is -2.01. The summed E-state index contributed by atoms with van der Waals surface area (Å²) >= 11 is 0. The van der Waals surface area contributed by atoms with Gasteiger partial charge in [-0.2, -0.15) is 0 Å². The fourth-order valence-electron chi connectivity index (χ4n) is 7.09. The van der Waals surface area contributed by atoms with E-state index in [-0.39, 0.29) is 0 Å². The number of nitrogens with zero attached hydrogens (tertiary/aromatic N) is 3. The van der Waals surface area contributed by atoms with E-state index in [1.165, 1.54) is 5.39 Å². The molecule has 10 rings (SSSR count). The number of furan rings is 1. The van der Waals surface area contributed by atoms with Crippen LogP contribution in [0.2, 0.25) is 0 Å². The maximum Gasteiger partial charge on any atom is 0.164 e. The highest BCUT2D eigenvalue weighted by Gasteiger charge is 2.20. The molecule has 228 valence electrons. The van der Waals surface area contributed by atoms with Crippen molar-refractivity contribution < 1.29 is 4.42 Å². The maximum absolute atomic E-state index is 6.64. The van der Waals surface area contributed by atoms with Crippen LogP contribution < -0.4 is 0 Å². The normalized spacial score (nSPS) is 11.7. The minimum atomic E-state index is 0.620. The van der Waals surface area contributed by atoms with Gasteiger partial charge in [0.15, 0.2) is 17.5 Å². The SMILES string of the molecule is c1ccc(-c2ccc3c(c2)oc2c4ccccc4c(-c4nc(-c5ccc6ccccc6c5)nc(-c5cccc6ccccc56)n4)cc32)cc1. The number of rotatable bonds is 4. The molecule has 0 aliphatic heterocycles. The number of fused-ring (bicyclic) bond motifs is 7. The third-order valence-electron chi connectivity index (χ3n) is 9.50. The fourth-order valence-corrected chi connectivity index (χ4v) is 7.09. The van der Waals surface area contributed by atoms with E-state index in [0.717, 1.165) is 76.7 Å². The molecule has 0 N–H and O–H groups in total. The molecule has 0 saturated carbocycles. The van der Waals surface area contributed by atoms with E-state index in [1.807, 2.05) is 6.07 Å². The van der Waals surface area contributed by atoms with E-state index in [4.69, 9.17) is 19.4 Å². The van der Waals surface area contributed by atoms with E-state index in [2.05, 4.69) is 158 Å². The van der Waals surface area contributed by atoms with Crippen LogP contribution in [0, 0.1) is 0 Å². The molecule has 2 aromatic heterocycles. The summed E-state index contributed by atoms with van der Waals surface area (Å²) in [6, 6.07) is 56.9. The van der Waals surface area contributed by atoms with Crippen molar-refractivity contribution in [2.45, 2.75) is 0 Å². The number of aromatic nitrogens is 3. The summed E-state index contributed by atoms with van der Waals surface area (Å²) in [7, 11) is 0. The molecule has 0 saturated heterocycles. The first-order valence-corrected chi connectivity index (χ1v) is 16.4. The Hall–Kier alpha value is -6.65.